The van der Waals surface area contributed by atoms with E-state index in [1.807, 2.05) is 30.3 Å². The highest BCUT2D eigenvalue weighted by Gasteiger charge is 2.12. The molecule has 0 saturated heterocycles. The van der Waals surface area contributed by atoms with Crippen LogP contribution < -0.4 is 5.32 Å². The number of benzene rings is 1. The Balaban J connectivity index is 1.29. The van der Waals surface area contributed by atoms with Gasteiger partial charge in [-0.05, 0) is 24.3 Å². The van der Waals surface area contributed by atoms with Gasteiger partial charge in [-0.25, -0.2) is 4.98 Å². The van der Waals surface area contributed by atoms with Gasteiger partial charge in [-0.2, -0.15) is 4.98 Å². The number of nitrogens with zero attached hydrogens (tertiary/aromatic N) is 4. The predicted octanol–water partition coefficient (Wildman–Crippen LogP) is 2.17. The largest absolute Gasteiger partial charge is 0.440 e. The molecule has 4 rings (SSSR count). The molecule has 26 heavy (non-hydrogen) atoms. The molecule has 0 aliphatic heterocycles. The summed E-state index contributed by atoms with van der Waals surface area (Å²) in [6.45, 7) is 0.383. The second-order valence-corrected chi connectivity index (χ2v) is 5.61. The molecule has 1 aromatic carbocycles. The maximum Gasteiger partial charge on any atom is 0.229 e. The molecule has 0 unspecified atom stereocenters. The molecule has 3 heterocycles. The highest BCUT2D eigenvalue weighted by Crippen LogP contribution is 2.15. The first kappa shape index (κ1) is 15.9. The number of oxazole rings is 1. The average molecular weight is 349 g/mol. The molecule has 1 N–H and O–H groups in total. The molecule has 0 atom stereocenters. The van der Waals surface area contributed by atoms with Crippen LogP contribution in [0.5, 0.6) is 0 Å². The molecule has 0 aliphatic rings. The average Bonchev–Trinajstić information content (AvgIpc) is 3.29. The Morgan fingerprint density at radius 2 is 2.00 bits per heavy atom. The lowest BCUT2D eigenvalue weighted by molar-refractivity contribution is -0.120. The monoisotopic (exact) mass is 349 g/mol. The molecule has 0 fully saturated rings. The van der Waals surface area contributed by atoms with E-state index in [1.165, 1.54) is 0 Å². The smallest absolute Gasteiger partial charge is 0.229 e. The van der Waals surface area contributed by atoms with Crippen LogP contribution in [0.2, 0.25) is 0 Å². The quantitative estimate of drug-likeness (QED) is 0.568. The number of amides is 1. The zero-order chi connectivity index (χ0) is 17.8. The summed E-state index contributed by atoms with van der Waals surface area (Å²) >= 11 is 0. The summed E-state index contributed by atoms with van der Waals surface area (Å²) in [6.07, 6.45) is 3.86. The highest BCUT2D eigenvalue weighted by molar-refractivity contribution is 5.79. The number of carbonyl (C=O) groups excluding carboxylic acids is 1. The Hall–Kier alpha value is -3.55. The topological polar surface area (TPSA) is 107 Å². The molecular weight excluding hydrogens is 334 g/mol. The van der Waals surface area contributed by atoms with Crippen molar-refractivity contribution in [3.63, 3.8) is 0 Å². The van der Waals surface area contributed by atoms with E-state index in [4.69, 9.17) is 8.94 Å². The fourth-order valence-electron chi connectivity index (χ4n) is 2.47. The van der Waals surface area contributed by atoms with Crippen molar-refractivity contribution in [1.82, 2.24) is 25.4 Å². The number of para-hydroxylation sites is 2. The molecule has 0 spiro atoms. The van der Waals surface area contributed by atoms with E-state index in [1.54, 1.807) is 18.5 Å². The molecular formula is C18H15N5O3. The number of hydrogen-bond donors (Lipinski definition) is 1. The van der Waals surface area contributed by atoms with Gasteiger partial charge in [0.25, 0.3) is 0 Å². The van der Waals surface area contributed by atoms with E-state index in [2.05, 4.69) is 25.4 Å². The van der Waals surface area contributed by atoms with Crippen LogP contribution in [0.3, 0.4) is 0 Å². The third kappa shape index (κ3) is 3.59. The fraction of sp³-hybridized carbons (Fsp3) is 0.167. The van der Waals surface area contributed by atoms with Crippen LogP contribution in [0, 0.1) is 0 Å². The second-order valence-electron chi connectivity index (χ2n) is 5.61. The molecule has 4 aromatic rings. The van der Waals surface area contributed by atoms with E-state index in [0.29, 0.717) is 36.2 Å². The Morgan fingerprint density at radius 1 is 1.08 bits per heavy atom. The molecule has 0 saturated carbocycles. The maximum atomic E-state index is 12.0. The van der Waals surface area contributed by atoms with E-state index >= 15 is 0 Å². The number of aromatic nitrogens is 4. The molecule has 0 radical (unpaired) electrons. The van der Waals surface area contributed by atoms with Gasteiger partial charge in [0.15, 0.2) is 5.58 Å². The van der Waals surface area contributed by atoms with Crippen molar-refractivity contribution in [2.24, 2.45) is 0 Å². The number of rotatable bonds is 6. The maximum absolute atomic E-state index is 12.0. The molecule has 3 aromatic heterocycles. The Kier molecular flexibility index (Phi) is 4.38. The van der Waals surface area contributed by atoms with E-state index in [0.717, 1.165) is 11.1 Å². The predicted molar refractivity (Wildman–Crippen MR) is 92.0 cm³/mol. The van der Waals surface area contributed by atoms with Crippen LogP contribution >= 0.6 is 0 Å². The highest BCUT2D eigenvalue weighted by atomic mass is 16.5. The first-order valence-corrected chi connectivity index (χ1v) is 8.12. The summed E-state index contributed by atoms with van der Waals surface area (Å²) in [5.74, 6) is 1.14. The third-order valence-corrected chi connectivity index (χ3v) is 3.70. The zero-order valence-electron chi connectivity index (χ0n) is 13.8. The Bertz CT molecular complexity index is 992. The summed E-state index contributed by atoms with van der Waals surface area (Å²) in [7, 11) is 0. The van der Waals surface area contributed by atoms with Crippen molar-refractivity contribution in [3.8, 4) is 11.4 Å². The summed E-state index contributed by atoms with van der Waals surface area (Å²) in [4.78, 5) is 24.6. The van der Waals surface area contributed by atoms with E-state index in [-0.39, 0.29) is 12.3 Å². The standard InChI is InChI=1S/C18H15N5O3/c24-15(10-17-21-13-5-1-2-6-14(13)25-17)20-9-7-16-22-18(23-26-16)12-4-3-8-19-11-12/h1-6,8,11H,7,9-10H2,(H,20,24). The van der Waals surface area contributed by atoms with Crippen LogP contribution in [0.15, 0.2) is 57.7 Å². The minimum Gasteiger partial charge on any atom is -0.440 e. The number of hydrogen-bond acceptors (Lipinski definition) is 7. The Morgan fingerprint density at radius 3 is 2.85 bits per heavy atom. The zero-order valence-corrected chi connectivity index (χ0v) is 13.8. The van der Waals surface area contributed by atoms with Gasteiger partial charge in [-0.3, -0.25) is 9.78 Å². The minimum atomic E-state index is -0.177. The molecule has 8 heteroatoms. The lowest BCUT2D eigenvalue weighted by Gasteiger charge is -2.00. The molecule has 0 aliphatic carbocycles. The summed E-state index contributed by atoms with van der Waals surface area (Å²) in [6, 6.07) is 11.1. The summed E-state index contributed by atoms with van der Waals surface area (Å²) in [5, 5.41) is 6.71. The third-order valence-electron chi connectivity index (χ3n) is 3.70. The van der Waals surface area contributed by atoms with Gasteiger partial charge in [0, 0.05) is 30.9 Å². The van der Waals surface area contributed by atoms with Gasteiger partial charge in [-0.1, -0.05) is 17.3 Å². The molecule has 8 nitrogen and oxygen atoms in total. The SMILES string of the molecule is O=C(Cc1nc2ccccc2o1)NCCc1nc(-c2cccnc2)no1. The van der Waals surface area contributed by atoms with E-state index in [9.17, 15) is 4.79 Å². The van der Waals surface area contributed by atoms with Crippen molar-refractivity contribution in [2.45, 2.75) is 12.8 Å². The number of fused-ring (bicyclic) bond motifs is 1. The first-order valence-electron chi connectivity index (χ1n) is 8.12. The van der Waals surface area contributed by atoms with Gasteiger partial charge in [0.05, 0.1) is 0 Å². The van der Waals surface area contributed by atoms with Gasteiger partial charge in [0.1, 0.15) is 11.9 Å². The van der Waals surface area contributed by atoms with Crippen LogP contribution in [0.4, 0.5) is 0 Å². The summed E-state index contributed by atoms with van der Waals surface area (Å²) in [5.41, 5.74) is 2.19. The lowest BCUT2D eigenvalue weighted by atomic mass is 10.3. The van der Waals surface area contributed by atoms with E-state index < -0.39 is 0 Å². The van der Waals surface area contributed by atoms with Crippen LogP contribution in [-0.4, -0.2) is 32.6 Å². The summed E-state index contributed by atoms with van der Waals surface area (Å²) < 4.78 is 10.7. The van der Waals surface area contributed by atoms with Crippen molar-refractivity contribution < 1.29 is 13.7 Å². The number of nitrogens with one attached hydrogen (secondary N) is 1. The van der Waals surface area contributed by atoms with Crippen molar-refractivity contribution in [2.75, 3.05) is 6.54 Å². The van der Waals surface area contributed by atoms with Crippen LogP contribution in [0.1, 0.15) is 11.8 Å². The van der Waals surface area contributed by atoms with Crippen molar-refractivity contribution >= 4 is 17.0 Å². The minimum absolute atomic E-state index is 0.0828. The Labute approximate surface area is 148 Å². The number of carbonyl (C=O) groups is 1. The van der Waals surface area contributed by atoms with Crippen LogP contribution in [0.25, 0.3) is 22.5 Å². The second kappa shape index (κ2) is 7.14. The van der Waals surface area contributed by atoms with Gasteiger partial charge in [-0.15, -0.1) is 0 Å². The van der Waals surface area contributed by atoms with Gasteiger partial charge >= 0.3 is 0 Å². The van der Waals surface area contributed by atoms with Gasteiger partial charge in [0.2, 0.25) is 23.5 Å². The van der Waals surface area contributed by atoms with Crippen molar-refractivity contribution in [3.05, 3.63) is 60.6 Å². The lowest BCUT2D eigenvalue weighted by Crippen LogP contribution is -2.27. The van der Waals surface area contributed by atoms with Gasteiger partial charge < -0.3 is 14.3 Å². The van der Waals surface area contributed by atoms with Crippen LogP contribution in [-0.2, 0) is 17.6 Å². The molecule has 1 amide bonds. The molecule has 130 valence electrons. The normalized spacial score (nSPS) is 10.9. The fourth-order valence-corrected chi connectivity index (χ4v) is 2.47. The van der Waals surface area contributed by atoms with Crippen molar-refractivity contribution in [1.29, 1.82) is 0 Å². The molecule has 0 bridgehead atoms. The first-order chi connectivity index (χ1) is 12.8. The number of pyridine rings is 1.